The number of benzene rings is 2. The number of hydrogen-bond donors (Lipinski definition) is 1. The van der Waals surface area contributed by atoms with E-state index >= 15 is 0 Å². The van der Waals surface area contributed by atoms with E-state index in [0.29, 0.717) is 17.4 Å². The first-order valence-electron chi connectivity index (χ1n) is 8.77. The number of hydrogen-bond acceptors (Lipinski definition) is 2. The second-order valence-electron chi connectivity index (χ2n) is 6.71. The summed E-state index contributed by atoms with van der Waals surface area (Å²) in [6, 6.07) is 18.2. The van der Waals surface area contributed by atoms with Gasteiger partial charge in [-0.2, -0.15) is 0 Å². The Hall–Kier alpha value is -2.13. The monoisotopic (exact) mass is 323 g/mol. The molecule has 3 rings (SSSR count). The summed E-state index contributed by atoms with van der Waals surface area (Å²) in [5.74, 6) is 0.438. The number of rotatable bonds is 5. The van der Waals surface area contributed by atoms with Crippen molar-refractivity contribution in [2.75, 3.05) is 13.1 Å². The van der Waals surface area contributed by atoms with Gasteiger partial charge in [0.2, 0.25) is 0 Å². The molecular weight excluding hydrogens is 298 g/mol. The molecular formula is C21H25NO2. The van der Waals surface area contributed by atoms with Crippen LogP contribution in [0.25, 0.3) is 0 Å². The fourth-order valence-electron chi connectivity index (χ4n) is 3.86. The van der Waals surface area contributed by atoms with Gasteiger partial charge >= 0.3 is 5.97 Å². The standard InChI is InChI=1S/C21H25NO2/c1-2-17-15-22(12-11-20(17)18-8-4-3-5-9-18)14-16-7-6-10-19(13-16)21(23)24/h3-10,13,17,20H,2,11-12,14-15H2,1H3,(H,23,24). The van der Waals surface area contributed by atoms with Gasteiger partial charge < -0.3 is 5.11 Å². The van der Waals surface area contributed by atoms with Gasteiger partial charge in [-0.15, -0.1) is 0 Å². The van der Waals surface area contributed by atoms with Crippen molar-refractivity contribution in [3.8, 4) is 0 Å². The Kier molecular flexibility index (Phi) is 5.31. The molecule has 0 aliphatic carbocycles. The maximum Gasteiger partial charge on any atom is 0.335 e. The summed E-state index contributed by atoms with van der Waals surface area (Å²) in [6.07, 6.45) is 2.34. The summed E-state index contributed by atoms with van der Waals surface area (Å²) in [5, 5.41) is 9.14. The second kappa shape index (κ2) is 7.63. The van der Waals surface area contributed by atoms with Crippen molar-refractivity contribution in [2.45, 2.75) is 32.2 Å². The third-order valence-corrected chi connectivity index (χ3v) is 5.15. The third-order valence-electron chi connectivity index (χ3n) is 5.15. The van der Waals surface area contributed by atoms with E-state index in [0.717, 1.165) is 25.2 Å². The van der Waals surface area contributed by atoms with Gasteiger partial charge in [0.15, 0.2) is 0 Å². The number of nitrogens with zero attached hydrogens (tertiary/aromatic N) is 1. The van der Waals surface area contributed by atoms with Crippen LogP contribution < -0.4 is 0 Å². The largest absolute Gasteiger partial charge is 0.478 e. The van der Waals surface area contributed by atoms with Crippen LogP contribution in [0.3, 0.4) is 0 Å². The first kappa shape index (κ1) is 16.7. The number of likely N-dealkylation sites (tertiary alicyclic amines) is 1. The van der Waals surface area contributed by atoms with Gasteiger partial charge in [0.1, 0.15) is 0 Å². The summed E-state index contributed by atoms with van der Waals surface area (Å²) < 4.78 is 0. The predicted molar refractivity (Wildman–Crippen MR) is 96.3 cm³/mol. The minimum atomic E-state index is -0.855. The molecule has 126 valence electrons. The Bertz CT molecular complexity index is 683. The van der Waals surface area contributed by atoms with Crippen molar-refractivity contribution >= 4 is 5.97 Å². The van der Waals surface area contributed by atoms with Crippen LogP contribution in [-0.4, -0.2) is 29.1 Å². The molecule has 0 amide bonds. The Morgan fingerprint density at radius 3 is 2.67 bits per heavy atom. The van der Waals surface area contributed by atoms with Gasteiger partial charge in [-0.25, -0.2) is 4.79 Å². The van der Waals surface area contributed by atoms with E-state index < -0.39 is 5.97 Å². The molecule has 0 radical (unpaired) electrons. The van der Waals surface area contributed by atoms with Gasteiger partial charge in [0.05, 0.1) is 5.56 Å². The SMILES string of the molecule is CCC1CN(Cc2cccc(C(=O)O)c2)CCC1c1ccccc1. The summed E-state index contributed by atoms with van der Waals surface area (Å²) in [5.41, 5.74) is 2.92. The van der Waals surface area contributed by atoms with Gasteiger partial charge in [0.25, 0.3) is 0 Å². The van der Waals surface area contributed by atoms with Gasteiger partial charge in [-0.3, -0.25) is 4.90 Å². The smallest absolute Gasteiger partial charge is 0.335 e. The molecule has 0 spiro atoms. The first-order valence-corrected chi connectivity index (χ1v) is 8.77. The van der Waals surface area contributed by atoms with E-state index in [9.17, 15) is 4.79 Å². The third kappa shape index (κ3) is 3.85. The molecule has 2 aromatic carbocycles. The molecule has 24 heavy (non-hydrogen) atoms. The lowest BCUT2D eigenvalue weighted by molar-refractivity contribution is 0.0696. The Labute approximate surface area is 143 Å². The number of carbonyl (C=O) groups is 1. The zero-order chi connectivity index (χ0) is 16.9. The van der Waals surface area contributed by atoms with Gasteiger partial charge in [-0.05, 0) is 48.1 Å². The lowest BCUT2D eigenvalue weighted by Gasteiger charge is -2.38. The molecule has 1 heterocycles. The van der Waals surface area contributed by atoms with Gasteiger partial charge in [0, 0.05) is 13.1 Å². The molecule has 2 atom stereocenters. The van der Waals surface area contributed by atoms with Crippen LogP contribution >= 0.6 is 0 Å². The molecule has 3 heteroatoms. The van der Waals surface area contributed by atoms with E-state index in [2.05, 4.69) is 42.2 Å². The van der Waals surface area contributed by atoms with Crippen molar-refractivity contribution in [2.24, 2.45) is 5.92 Å². The molecule has 1 aliphatic rings. The highest BCUT2D eigenvalue weighted by molar-refractivity contribution is 5.87. The van der Waals surface area contributed by atoms with E-state index in [1.54, 1.807) is 12.1 Å². The lowest BCUT2D eigenvalue weighted by atomic mass is 9.79. The highest BCUT2D eigenvalue weighted by Crippen LogP contribution is 2.35. The fourth-order valence-corrected chi connectivity index (χ4v) is 3.86. The molecule has 1 saturated heterocycles. The summed E-state index contributed by atoms with van der Waals surface area (Å²) >= 11 is 0. The number of carboxylic acid groups (broad SMARTS) is 1. The van der Waals surface area contributed by atoms with Crippen LogP contribution in [0.1, 0.15) is 47.2 Å². The Balaban J connectivity index is 1.68. The number of aromatic carboxylic acids is 1. The molecule has 0 aromatic heterocycles. The number of piperidine rings is 1. The van der Waals surface area contributed by atoms with E-state index in [-0.39, 0.29) is 0 Å². The van der Waals surface area contributed by atoms with Crippen molar-refractivity contribution in [3.63, 3.8) is 0 Å². The van der Waals surface area contributed by atoms with Crippen LogP contribution in [-0.2, 0) is 6.54 Å². The first-order chi connectivity index (χ1) is 11.7. The normalized spacial score (nSPS) is 21.5. The van der Waals surface area contributed by atoms with Crippen molar-refractivity contribution in [1.29, 1.82) is 0 Å². The van der Waals surface area contributed by atoms with Crippen LogP contribution in [0.5, 0.6) is 0 Å². The average Bonchev–Trinajstić information content (AvgIpc) is 2.62. The van der Waals surface area contributed by atoms with Crippen molar-refractivity contribution in [1.82, 2.24) is 4.90 Å². The van der Waals surface area contributed by atoms with Gasteiger partial charge in [-0.1, -0.05) is 55.8 Å². The van der Waals surface area contributed by atoms with Crippen molar-refractivity contribution in [3.05, 3.63) is 71.3 Å². The topological polar surface area (TPSA) is 40.5 Å². The molecule has 3 nitrogen and oxygen atoms in total. The molecule has 1 N–H and O–H groups in total. The highest BCUT2D eigenvalue weighted by Gasteiger charge is 2.29. The van der Waals surface area contributed by atoms with Crippen LogP contribution in [0.4, 0.5) is 0 Å². The minimum absolute atomic E-state index is 0.374. The Morgan fingerprint density at radius 2 is 1.96 bits per heavy atom. The van der Waals surface area contributed by atoms with E-state index in [1.165, 1.54) is 18.4 Å². The maximum atomic E-state index is 11.1. The lowest BCUT2D eigenvalue weighted by Crippen LogP contribution is -2.38. The molecule has 1 aliphatic heterocycles. The van der Waals surface area contributed by atoms with E-state index in [1.807, 2.05) is 12.1 Å². The van der Waals surface area contributed by atoms with Crippen LogP contribution in [0.15, 0.2) is 54.6 Å². The average molecular weight is 323 g/mol. The van der Waals surface area contributed by atoms with Crippen LogP contribution in [0, 0.1) is 5.92 Å². The summed E-state index contributed by atoms with van der Waals surface area (Å²) in [7, 11) is 0. The quantitative estimate of drug-likeness (QED) is 0.886. The molecule has 1 fully saturated rings. The summed E-state index contributed by atoms with van der Waals surface area (Å²) in [4.78, 5) is 13.6. The van der Waals surface area contributed by atoms with E-state index in [4.69, 9.17) is 5.11 Å². The molecule has 2 aromatic rings. The zero-order valence-electron chi connectivity index (χ0n) is 14.2. The molecule has 0 saturated carbocycles. The molecule has 0 bridgehead atoms. The Morgan fingerprint density at radius 1 is 1.17 bits per heavy atom. The fraction of sp³-hybridized carbons (Fsp3) is 0.381. The highest BCUT2D eigenvalue weighted by atomic mass is 16.4. The zero-order valence-corrected chi connectivity index (χ0v) is 14.2. The minimum Gasteiger partial charge on any atom is -0.478 e. The second-order valence-corrected chi connectivity index (χ2v) is 6.71. The molecule has 2 unspecified atom stereocenters. The maximum absolute atomic E-state index is 11.1. The number of carboxylic acids is 1. The van der Waals surface area contributed by atoms with Crippen LogP contribution in [0.2, 0.25) is 0 Å². The predicted octanol–water partition coefficient (Wildman–Crippen LogP) is 4.40. The van der Waals surface area contributed by atoms with Crippen molar-refractivity contribution < 1.29 is 9.90 Å². The summed E-state index contributed by atoms with van der Waals surface area (Å²) in [6.45, 7) is 5.25.